The molecule has 0 aliphatic rings. The Morgan fingerprint density at radius 2 is 2.24 bits per heavy atom. The number of carboxylic acid groups (broad SMARTS) is 1. The van der Waals surface area contributed by atoms with Crippen molar-refractivity contribution in [2.45, 2.75) is 12.8 Å². The smallest absolute Gasteiger partial charge is 0.303 e. The van der Waals surface area contributed by atoms with Crippen molar-refractivity contribution in [3.8, 4) is 0 Å². The van der Waals surface area contributed by atoms with Crippen LogP contribution in [0.1, 0.15) is 17.7 Å². The van der Waals surface area contributed by atoms with E-state index in [1.807, 2.05) is 12.1 Å². The highest BCUT2D eigenvalue weighted by Gasteiger charge is 1.99. The summed E-state index contributed by atoms with van der Waals surface area (Å²) >= 11 is 4.87. The van der Waals surface area contributed by atoms with E-state index in [0.717, 1.165) is 8.66 Å². The molecule has 0 saturated carbocycles. The first-order valence-corrected chi connectivity index (χ1v) is 6.62. The maximum Gasteiger partial charge on any atom is 0.303 e. The Labute approximate surface area is 111 Å². The summed E-state index contributed by atoms with van der Waals surface area (Å²) < 4.78 is 1.01. The van der Waals surface area contributed by atoms with E-state index in [9.17, 15) is 9.59 Å². The molecule has 1 aromatic heterocycles. The predicted molar refractivity (Wildman–Crippen MR) is 70.9 cm³/mol. The molecule has 0 atom stereocenters. The molecule has 0 unspecified atom stereocenters. The van der Waals surface area contributed by atoms with Crippen molar-refractivity contribution in [1.82, 2.24) is 5.32 Å². The summed E-state index contributed by atoms with van der Waals surface area (Å²) in [7, 11) is 0. The molecule has 0 spiro atoms. The molecule has 0 saturated heterocycles. The van der Waals surface area contributed by atoms with Crippen LogP contribution in [0.25, 0.3) is 6.08 Å². The molecule has 1 amide bonds. The van der Waals surface area contributed by atoms with Crippen LogP contribution in [0.4, 0.5) is 0 Å². The summed E-state index contributed by atoms with van der Waals surface area (Å²) in [6.07, 6.45) is 3.68. The van der Waals surface area contributed by atoms with Gasteiger partial charge in [0, 0.05) is 23.9 Å². The minimum Gasteiger partial charge on any atom is -0.481 e. The van der Waals surface area contributed by atoms with Gasteiger partial charge in [-0.05, 0) is 40.6 Å². The summed E-state index contributed by atoms with van der Waals surface area (Å²) in [4.78, 5) is 22.5. The van der Waals surface area contributed by atoms with Gasteiger partial charge in [-0.3, -0.25) is 9.59 Å². The molecule has 0 fully saturated rings. The zero-order valence-corrected chi connectivity index (χ0v) is 11.4. The highest BCUT2D eigenvalue weighted by atomic mass is 79.9. The van der Waals surface area contributed by atoms with Crippen molar-refractivity contribution in [2.75, 3.05) is 6.54 Å². The number of hydrogen-bond donors (Lipinski definition) is 2. The number of thiophene rings is 1. The second-order valence-electron chi connectivity index (χ2n) is 3.26. The lowest BCUT2D eigenvalue weighted by Crippen LogP contribution is -2.22. The first-order chi connectivity index (χ1) is 8.08. The number of nitrogens with one attached hydrogen (secondary N) is 1. The van der Waals surface area contributed by atoms with Gasteiger partial charge in [0.15, 0.2) is 0 Å². The van der Waals surface area contributed by atoms with E-state index in [4.69, 9.17) is 5.11 Å². The SMILES string of the molecule is O=C(O)CCCNC(=O)/C=C/c1ccc(Br)s1. The minimum absolute atomic E-state index is 0.0713. The zero-order chi connectivity index (χ0) is 12.7. The van der Waals surface area contributed by atoms with Crippen LogP contribution in [-0.2, 0) is 9.59 Å². The lowest BCUT2D eigenvalue weighted by molar-refractivity contribution is -0.137. The molecule has 2 N–H and O–H groups in total. The predicted octanol–water partition coefficient (Wildman–Crippen LogP) is 2.50. The molecule has 0 radical (unpaired) electrons. The number of carbonyl (C=O) groups excluding carboxylic acids is 1. The maximum absolute atomic E-state index is 11.3. The third-order valence-corrected chi connectivity index (χ3v) is 3.45. The fourth-order valence-electron chi connectivity index (χ4n) is 1.09. The average molecular weight is 318 g/mol. The van der Waals surface area contributed by atoms with Gasteiger partial charge in [0.25, 0.3) is 0 Å². The molecular weight excluding hydrogens is 306 g/mol. The molecular formula is C11H12BrNO3S. The summed E-state index contributed by atoms with van der Waals surface area (Å²) in [6, 6.07) is 3.82. The van der Waals surface area contributed by atoms with Crippen molar-refractivity contribution in [3.63, 3.8) is 0 Å². The number of aliphatic carboxylic acids is 1. The number of amides is 1. The third-order valence-electron chi connectivity index (χ3n) is 1.86. The van der Waals surface area contributed by atoms with Crippen LogP contribution in [-0.4, -0.2) is 23.5 Å². The number of rotatable bonds is 6. The Kier molecular flexibility index (Phi) is 5.93. The molecule has 1 heterocycles. The molecule has 0 aliphatic carbocycles. The number of halogens is 1. The van der Waals surface area contributed by atoms with Gasteiger partial charge >= 0.3 is 5.97 Å². The van der Waals surface area contributed by atoms with Crippen LogP contribution in [0.3, 0.4) is 0 Å². The largest absolute Gasteiger partial charge is 0.481 e. The third kappa shape index (κ3) is 6.23. The van der Waals surface area contributed by atoms with Crippen molar-refractivity contribution >= 4 is 45.2 Å². The van der Waals surface area contributed by atoms with Crippen molar-refractivity contribution in [1.29, 1.82) is 0 Å². The fraction of sp³-hybridized carbons (Fsp3) is 0.273. The van der Waals surface area contributed by atoms with E-state index in [0.29, 0.717) is 13.0 Å². The van der Waals surface area contributed by atoms with Crippen LogP contribution in [0.2, 0.25) is 0 Å². The van der Waals surface area contributed by atoms with Gasteiger partial charge in [-0.1, -0.05) is 0 Å². The monoisotopic (exact) mass is 317 g/mol. The van der Waals surface area contributed by atoms with Gasteiger partial charge in [-0.15, -0.1) is 11.3 Å². The molecule has 0 aromatic carbocycles. The lowest BCUT2D eigenvalue weighted by atomic mass is 10.3. The zero-order valence-electron chi connectivity index (χ0n) is 8.98. The first kappa shape index (κ1) is 13.9. The summed E-state index contributed by atoms with van der Waals surface area (Å²) in [5.41, 5.74) is 0. The molecule has 1 aromatic rings. The van der Waals surface area contributed by atoms with E-state index >= 15 is 0 Å². The Morgan fingerprint density at radius 3 is 2.82 bits per heavy atom. The van der Waals surface area contributed by atoms with Crippen molar-refractivity contribution in [3.05, 3.63) is 26.9 Å². The molecule has 4 nitrogen and oxygen atoms in total. The van der Waals surface area contributed by atoms with E-state index in [2.05, 4.69) is 21.2 Å². The van der Waals surface area contributed by atoms with Gasteiger partial charge in [-0.25, -0.2) is 0 Å². The van der Waals surface area contributed by atoms with E-state index in [1.54, 1.807) is 6.08 Å². The topological polar surface area (TPSA) is 66.4 Å². The van der Waals surface area contributed by atoms with Crippen LogP contribution < -0.4 is 5.32 Å². The quantitative estimate of drug-likeness (QED) is 0.625. The fourth-order valence-corrected chi connectivity index (χ4v) is 2.41. The van der Waals surface area contributed by atoms with Gasteiger partial charge in [0.2, 0.25) is 5.91 Å². The summed E-state index contributed by atoms with van der Waals surface area (Å²) in [5, 5.41) is 11.0. The minimum atomic E-state index is -0.849. The standard InChI is InChI=1S/C11H12BrNO3S/c12-9-5-3-8(17-9)4-6-10(14)13-7-1-2-11(15)16/h3-6H,1-2,7H2,(H,13,14)(H,15,16)/b6-4+. The van der Waals surface area contributed by atoms with Crippen LogP contribution >= 0.6 is 27.3 Å². The number of hydrogen-bond acceptors (Lipinski definition) is 3. The maximum atomic E-state index is 11.3. The molecule has 17 heavy (non-hydrogen) atoms. The second kappa shape index (κ2) is 7.24. The Morgan fingerprint density at radius 1 is 1.47 bits per heavy atom. The van der Waals surface area contributed by atoms with Crippen molar-refractivity contribution in [2.24, 2.45) is 0 Å². The van der Waals surface area contributed by atoms with Gasteiger partial charge < -0.3 is 10.4 Å². The summed E-state index contributed by atoms with van der Waals surface area (Å²) in [5.74, 6) is -1.06. The van der Waals surface area contributed by atoms with Crippen LogP contribution in [0.15, 0.2) is 22.0 Å². The van der Waals surface area contributed by atoms with Crippen LogP contribution in [0, 0.1) is 0 Å². The Hall–Kier alpha value is -1.14. The highest BCUT2D eigenvalue weighted by Crippen LogP contribution is 2.22. The Bertz CT molecular complexity index is 428. The van der Waals surface area contributed by atoms with Crippen molar-refractivity contribution < 1.29 is 14.7 Å². The van der Waals surface area contributed by atoms with Gasteiger partial charge in [-0.2, -0.15) is 0 Å². The molecule has 1 rings (SSSR count). The first-order valence-electron chi connectivity index (χ1n) is 5.01. The second-order valence-corrected chi connectivity index (χ2v) is 5.76. The summed E-state index contributed by atoms with van der Waals surface area (Å²) in [6.45, 7) is 0.379. The number of carbonyl (C=O) groups is 2. The van der Waals surface area contributed by atoms with E-state index in [1.165, 1.54) is 17.4 Å². The number of carboxylic acids is 1. The Balaban J connectivity index is 2.25. The highest BCUT2D eigenvalue weighted by molar-refractivity contribution is 9.11. The molecule has 92 valence electrons. The van der Waals surface area contributed by atoms with E-state index < -0.39 is 5.97 Å². The lowest BCUT2D eigenvalue weighted by Gasteiger charge is -1.99. The molecule has 0 bridgehead atoms. The normalized spacial score (nSPS) is 10.6. The average Bonchev–Trinajstić information content (AvgIpc) is 2.67. The van der Waals surface area contributed by atoms with Gasteiger partial charge in [0.1, 0.15) is 0 Å². The molecule has 6 heteroatoms. The molecule has 0 aliphatic heterocycles. The van der Waals surface area contributed by atoms with Gasteiger partial charge in [0.05, 0.1) is 3.79 Å². The van der Waals surface area contributed by atoms with Crippen LogP contribution in [0.5, 0.6) is 0 Å². The van der Waals surface area contributed by atoms with E-state index in [-0.39, 0.29) is 12.3 Å².